The summed E-state index contributed by atoms with van der Waals surface area (Å²) in [4.78, 5) is 28.8. The van der Waals surface area contributed by atoms with Gasteiger partial charge >= 0.3 is 0 Å². The summed E-state index contributed by atoms with van der Waals surface area (Å²) in [5.41, 5.74) is 1.01. The Morgan fingerprint density at radius 3 is 1.14 bits per heavy atom. The van der Waals surface area contributed by atoms with Gasteiger partial charge in [0.2, 0.25) is 0 Å². The number of benzene rings is 5. The molecule has 5 aromatic rings. The first-order chi connectivity index (χ1) is 21.1. The van der Waals surface area contributed by atoms with E-state index in [0.717, 1.165) is 12.1 Å². The highest BCUT2D eigenvalue weighted by molar-refractivity contribution is 7.17. The SMILES string of the molecule is CC(CN1C(=O)c2ccccc2C1=O)N1[Si](c2ccccc2)(c2ccccc2)CC[Si]1(c1ccccc1)c1ccccc1. The van der Waals surface area contributed by atoms with Gasteiger partial charge in [-0.25, -0.2) is 0 Å². The van der Waals surface area contributed by atoms with Gasteiger partial charge in [0.15, 0.2) is 16.5 Å². The van der Waals surface area contributed by atoms with Crippen LogP contribution in [0.15, 0.2) is 146 Å². The molecule has 0 aromatic heterocycles. The van der Waals surface area contributed by atoms with Crippen LogP contribution in [0.5, 0.6) is 0 Å². The van der Waals surface area contributed by atoms with Crippen molar-refractivity contribution >= 4 is 49.0 Å². The number of fused-ring (bicyclic) bond motifs is 1. The average Bonchev–Trinajstić information content (AvgIpc) is 3.57. The molecule has 0 N–H and O–H groups in total. The van der Waals surface area contributed by atoms with Gasteiger partial charge in [-0.15, -0.1) is 0 Å². The number of imide groups is 1. The number of hydrogen-bond acceptors (Lipinski definition) is 3. The van der Waals surface area contributed by atoms with E-state index in [2.05, 4.69) is 132 Å². The van der Waals surface area contributed by atoms with Crippen LogP contribution < -0.4 is 20.7 Å². The molecule has 1 unspecified atom stereocenters. The maximum absolute atomic E-state index is 13.7. The fourth-order valence-electron chi connectivity index (χ4n) is 7.75. The third kappa shape index (κ3) is 4.28. The smallest absolute Gasteiger partial charge is 0.261 e. The largest absolute Gasteiger partial charge is 0.327 e. The highest BCUT2D eigenvalue weighted by Crippen LogP contribution is 2.39. The normalized spacial score (nSPS) is 18.0. The minimum absolute atomic E-state index is 0.0797. The number of amides is 2. The molecule has 212 valence electrons. The molecule has 5 aromatic carbocycles. The first-order valence-electron chi connectivity index (χ1n) is 15.0. The molecule has 0 radical (unpaired) electrons. The second kappa shape index (κ2) is 11.0. The minimum atomic E-state index is -2.63. The van der Waals surface area contributed by atoms with E-state index in [1.807, 2.05) is 12.1 Å². The molecule has 2 aliphatic rings. The molecule has 2 heterocycles. The number of nitrogens with zero attached hydrogens (tertiary/aromatic N) is 2. The van der Waals surface area contributed by atoms with Gasteiger partial charge in [-0.05, 0) is 51.9 Å². The van der Waals surface area contributed by atoms with Crippen LogP contribution in [0.2, 0.25) is 12.1 Å². The Hall–Kier alpha value is -4.37. The van der Waals surface area contributed by atoms with Gasteiger partial charge < -0.3 is 4.23 Å². The van der Waals surface area contributed by atoms with Crippen LogP contribution >= 0.6 is 0 Å². The standard InChI is InChI=1S/C37H34N2O2Si2/c1-29(28-38-36(40)34-24-14-15-25-35(34)37(38)41)39-42(30-16-6-2-7-17-30,31-18-8-3-9-19-31)26-27-43(39,32-20-10-4-11-21-32)33-22-12-5-13-23-33/h2-25,29H,26-28H2,1H3. The van der Waals surface area contributed by atoms with E-state index < -0.39 is 16.5 Å². The fourth-order valence-corrected chi connectivity index (χ4v) is 23.5. The summed E-state index contributed by atoms with van der Waals surface area (Å²) in [7, 11) is -5.26. The minimum Gasteiger partial charge on any atom is -0.327 e. The van der Waals surface area contributed by atoms with Crippen molar-refractivity contribution in [2.75, 3.05) is 6.54 Å². The Bertz CT molecular complexity index is 1560. The molecule has 2 amide bonds. The predicted molar refractivity (Wildman–Crippen MR) is 179 cm³/mol. The first kappa shape index (κ1) is 27.5. The van der Waals surface area contributed by atoms with Crippen molar-refractivity contribution in [3.63, 3.8) is 0 Å². The van der Waals surface area contributed by atoms with Crippen molar-refractivity contribution in [2.24, 2.45) is 0 Å². The van der Waals surface area contributed by atoms with Gasteiger partial charge in [-0.2, -0.15) is 0 Å². The molecule has 4 nitrogen and oxygen atoms in total. The summed E-state index contributed by atoms with van der Waals surface area (Å²) < 4.78 is 2.90. The van der Waals surface area contributed by atoms with E-state index in [4.69, 9.17) is 0 Å². The lowest BCUT2D eigenvalue weighted by atomic mass is 10.1. The van der Waals surface area contributed by atoms with Gasteiger partial charge in [0.1, 0.15) is 0 Å². The molecule has 1 saturated heterocycles. The number of carbonyl (C=O) groups is 2. The highest BCUT2D eigenvalue weighted by atomic mass is 28.4. The molecule has 6 heteroatoms. The van der Waals surface area contributed by atoms with Gasteiger partial charge in [-0.1, -0.05) is 133 Å². The van der Waals surface area contributed by atoms with Crippen molar-refractivity contribution < 1.29 is 9.59 Å². The molecule has 0 bridgehead atoms. The summed E-state index contributed by atoms with van der Waals surface area (Å²) in [6.45, 7) is 2.59. The van der Waals surface area contributed by atoms with Crippen LogP contribution in [0.3, 0.4) is 0 Å². The summed E-state index contributed by atoms with van der Waals surface area (Å²) in [6.07, 6.45) is 0. The zero-order valence-corrected chi connectivity index (χ0v) is 26.3. The maximum atomic E-state index is 13.7. The summed E-state index contributed by atoms with van der Waals surface area (Å²) in [5.74, 6) is -0.380. The second-order valence-corrected chi connectivity index (χ2v) is 19.8. The number of rotatable bonds is 7. The van der Waals surface area contributed by atoms with Gasteiger partial charge in [0, 0.05) is 12.6 Å². The van der Waals surface area contributed by atoms with E-state index in [1.54, 1.807) is 12.1 Å². The van der Waals surface area contributed by atoms with Gasteiger partial charge in [-0.3, -0.25) is 14.5 Å². The van der Waals surface area contributed by atoms with E-state index in [9.17, 15) is 9.59 Å². The van der Waals surface area contributed by atoms with Crippen LogP contribution in [-0.4, -0.2) is 50.0 Å². The van der Waals surface area contributed by atoms with Crippen LogP contribution in [0.1, 0.15) is 27.6 Å². The van der Waals surface area contributed by atoms with Gasteiger partial charge in [0.25, 0.3) is 11.8 Å². The lowest BCUT2D eigenvalue weighted by Gasteiger charge is -2.50. The molecule has 7 rings (SSSR count). The van der Waals surface area contributed by atoms with Gasteiger partial charge in [0.05, 0.1) is 11.1 Å². The Morgan fingerprint density at radius 2 is 0.814 bits per heavy atom. The Balaban J connectivity index is 1.47. The van der Waals surface area contributed by atoms with Crippen LogP contribution in [0, 0.1) is 0 Å². The van der Waals surface area contributed by atoms with Crippen molar-refractivity contribution in [3.05, 3.63) is 157 Å². The third-order valence-corrected chi connectivity index (χ3v) is 21.9. The zero-order chi connectivity index (χ0) is 29.4. The van der Waals surface area contributed by atoms with Crippen LogP contribution in [0.25, 0.3) is 0 Å². The topological polar surface area (TPSA) is 40.6 Å². The first-order valence-corrected chi connectivity index (χ1v) is 19.3. The summed E-state index contributed by atoms with van der Waals surface area (Å²) >= 11 is 0. The quantitative estimate of drug-likeness (QED) is 0.206. The van der Waals surface area contributed by atoms with Crippen LogP contribution in [0.4, 0.5) is 0 Å². The summed E-state index contributed by atoms with van der Waals surface area (Å²) in [5, 5.41) is 5.49. The van der Waals surface area contributed by atoms with Crippen molar-refractivity contribution in [1.82, 2.24) is 9.13 Å². The molecule has 0 aliphatic carbocycles. The van der Waals surface area contributed by atoms with Crippen molar-refractivity contribution in [2.45, 2.75) is 25.1 Å². The van der Waals surface area contributed by atoms with E-state index >= 15 is 0 Å². The number of carbonyl (C=O) groups excluding carboxylic acids is 2. The van der Waals surface area contributed by atoms with E-state index in [-0.39, 0.29) is 17.9 Å². The second-order valence-electron chi connectivity index (χ2n) is 11.7. The van der Waals surface area contributed by atoms with Crippen molar-refractivity contribution in [3.8, 4) is 0 Å². The molecule has 1 atom stereocenters. The molecule has 2 aliphatic heterocycles. The molecule has 0 spiro atoms. The lowest BCUT2D eigenvalue weighted by Crippen LogP contribution is -2.80. The Kier molecular flexibility index (Phi) is 7.05. The van der Waals surface area contributed by atoms with E-state index in [0.29, 0.717) is 17.7 Å². The molecule has 1 fully saturated rings. The average molecular weight is 595 g/mol. The van der Waals surface area contributed by atoms with E-state index in [1.165, 1.54) is 25.6 Å². The molecule has 0 saturated carbocycles. The highest BCUT2D eigenvalue weighted by Gasteiger charge is 2.62. The predicted octanol–water partition coefficient (Wildman–Crippen LogP) is 4.51. The van der Waals surface area contributed by atoms with Crippen LogP contribution in [-0.2, 0) is 0 Å². The third-order valence-electron chi connectivity index (χ3n) is 9.44. The maximum Gasteiger partial charge on any atom is 0.261 e. The molecule has 43 heavy (non-hydrogen) atoms. The summed E-state index contributed by atoms with van der Waals surface area (Å²) in [6, 6.07) is 53.4. The fraction of sp³-hybridized carbons (Fsp3) is 0.135. The molecular formula is C37H34N2O2Si2. The molecular weight excluding hydrogens is 561 g/mol. The zero-order valence-electron chi connectivity index (χ0n) is 24.3. The lowest BCUT2D eigenvalue weighted by molar-refractivity contribution is 0.0634. The van der Waals surface area contributed by atoms with Crippen molar-refractivity contribution in [1.29, 1.82) is 0 Å². The number of hydrogen-bond donors (Lipinski definition) is 0. The Labute approximate surface area is 255 Å². The Morgan fingerprint density at radius 1 is 0.512 bits per heavy atom. The monoisotopic (exact) mass is 594 g/mol.